The van der Waals surface area contributed by atoms with Crippen molar-refractivity contribution in [3.05, 3.63) is 82.5 Å². The van der Waals surface area contributed by atoms with Gasteiger partial charge in [0.1, 0.15) is 12.2 Å². The number of aliphatic hydroxyl groups excluding tert-OH is 1. The molecule has 5 atom stereocenters. The van der Waals surface area contributed by atoms with Gasteiger partial charge in [-0.1, -0.05) is 54.1 Å². The molecule has 1 fully saturated rings. The molecule has 2 aromatic rings. The zero-order valence-corrected chi connectivity index (χ0v) is 20.5. The Labute approximate surface area is 211 Å². The van der Waals surface area contributed by atoms with Crippen LogP contribution < -0.4 is 9.47 Å². The van der Waals surface area contributed by atoms with Crippen LogP contribution in [0.4, 0.5) is 4.79 Å². The smallest absolute Gasteiger partial charge is 0.482 e. The van der Waals surface area contributed by atoms with Gasteiger partial charge in [0.2, 0.25) is 0 Å². The summed E-state index contributed by atoms with van der Waals surface area (Å²) in [4.78, 5) is 15.1. The zero-order valence-electron chi connectivity index (χ0n) is 20.5. The van der Waals surface area contributed by atoms with E-state index in [1.807, 2.05) is 12.1 Å². The average molecular weight is 486 g/mol. The Kier molecular flexibility index (Phi) is 5.05. The summed E-state index contributed by atoms with van der Waals surface area (Å²) in [5, 5.41) is 10.9. The number of hydrogen-bond acceptors (Lipinski definition) is 6. The fourth-order valence-electron chi connectivity index (χ4n) is 7.38. The molecule has 3 aliphatic carbocycles. The van der Waals surface area contributed by atoms with Crippen LogP contribution in [0, 0.1) is 5.92 Å². The van der Waals surface area contributed by atoms with Crippen molar-refractivity contribution in [2.24, 2.45) is 5.92 Å². The number of aliphatic hydroxyl groups is 1. The zero-order chi connectivity index (χ0) is 24.4. The highest BCUT2D eigenvalue weighted by Crippen LogP contribution is 2.62. The summed E-state index contributed by atoms with van der Waals surface area (Å²) in [5.74, 6) is 1.27. The van der Waals surface area contributed by atoms with Crippen LogP contribution in [0.2, 0.25) is 0 Å². The van der Waals surface area contributed by atoms with Crippen LogP contribution in [0.15, 0.2) is 60.2 Å². The van der Waals surface area contributed by atoms with Gasteiger partial charge in [-0.15, -0.1) is 0 Å². The number of ether oxygens (including phenoxy) is 3. The van der Waals surface area contributed by atoms with E-state index in [-0.39, 0.29) is 24.0 Å². The van der Waals surface area contributed by atoms with E-state index in [0.717, 1.165) is 37.8 Å². The van der Waals surface area contributed by atoms with Crippen LogP contribution in [0.1, 0.15) is 35.1 Å². The molecular formula is C30H31NO5. The van der Waals surface area contributed by atoms with Gasteiger partial charge in [0.15, 0.2) is 11.5 Å². The van der Waals surface area contributed by atoms with Crippen LogP contribution >= 0.6 is 0 Å². The Morgan fingerprint density at radius 3 is 2.92 bits per heavy atom. The third kappa shape index (κ3) is 3.20. The standard InChI is InChI=1S/C30H31NO5/c1-31-14-13-30-22-9-10-24(32)28(30)36-27-25(11-8-21(26(27)30)17-23(22)31)35-29(33)34-15-12-18-6-7-19-4-2-3-5-20(19)16-18/h2-6,8-11,22-24,28,32H,7,12-17H2,1H3. The maximum absolute atomic E-state index is 12.7. The number of fused-ring (bicyclic) bond motifs is 1. The van der Waals surface area contributed by atoms with Crippen molar-refractivity contribution in [3.8, 4) is 11.5 Å². The first kappa shape index (κ1) is 22.1. The third-order valence-corrected chi connectivity index (χ3v) is 9.12. The Hall–Kier alpha value is -3.09. The van der Waals surface area contributed by atoms with Crippen molar-refractivity contribution >= 4 is 6.16 Å². The average Bonchev–Trinajstić information content (AvgIpc) is 3.24. The number of allylic oxidation sites excluding steroid dienone is 1. The molecule has 6 heteroatoms. The van der Waals surface area contributed by atoms with E-state index in [4.69, 9.17) is 14.2 Å². The lowest BCUT2D eigenvalue weighted by atomic mass is 9.53. The largest absolute Gasteiger partial charge is 0.513 e. The Morgan fingerprint density at radius 1 is 1.17 bits per heavy atom. The molecule has 0 amide bonds. The van der Waals surface area contributed by atoms with Gasteiger partial charge in [-0.2, -0.15) is 0 Å². The summed E-state index contributed by atoms with van der Waals surface area (Å²) < 4.78 is 17.6. The van der Waals surface area contributed by atoms with Gasteiger partial charge in [-0.25, -0.2) is 4.79 Å². The number of carbonyl (C=O) groups is 1. The second-order valence-electron chi connectivity index (χ2n) is 10.9. The van der Waals surface area contributed by atoms with Crippen LogP contribution in [-0.2, 0) is 29.4 Å². The number of hydrogen-bond donors (Lipinski definition) is 1. The van der Waals surface area contributed by atoms with Crippen molar-refractivity contribution < 1.29 is 24.1 Å². The van der Waals surface area contributed by atoms with Crippen LogP contribution in [0.3, 0.4) is 0 Å². The van der Waals surface area contributed by atoms with E-state index in [2.05, 4.69) is 54.4 Å². The summed E-state index contributed by atoms with van der Waals surface area (Å²) in [5.41, 5.74) is 6.07. The van der Waals surface area contributed by atoms with E-state index in [0.29, 0.717) is 24.0 Å². The molecule has 6 nitrogen and oxygen atoms in total. The molecule has 7 rings (SSSR count). The van der Waals surface area contributed by atoms with E-state index < -0.39 is 12.3 Å². The van der Waals surface area contributed by atoms with Crippen molar-refractivity contribution in [3.63, 3.8) is 0 Å². The molecule has 2 heterocycles. The maximum Gasteiger partial charge on any atom is 0.513 e. The van der Waals surface area contributed by atoms with Gasteiger partial charge in [-0.05, 0) is 62.0 Å². The quantitative estimate of drug-likeness (QED) is 0.399. The summed E-state index contributed by atoms with van der Waals surface area (Å²) >= 11 is 0. The highest BCUT2D eigenvalue weighted by Gasteiger charge is 2.64. The van der Waals surface area contributed by atoms with Crippen molar-refractivity contribution in [1.29, 1.82) is 0 Å². The molecular weight excluding hydrogens is 454 g/mol. The summed E-state index contributed by atoms with van der Waals surface area (Å²) in [6, 6.07) is 12.7. The number of likely N-dealkylation sites (tertiary alicyclic amines) is 1. The van der Waals surface area contributed by atoms with E-state index in [1.54, 1.807) is 0 Å². The van der Waals surface area contributed by atoms with Crippen LogP contribution in [-0.4, -0.2) is 54.6 Å². The van der Waals surface area contributed by atoms with Crippen molar-refractivity contribution in [1.82, 2.24) is 4.90 Å². The van der Waals surface area contributed by atoms with E-state index in [1.165, 1.54) is 22.3 Å². The minimum Gasteiger partial charge on any atom is -0.482 e. The molecule has 0 aromatic heterocycles. The predicted octanol–water partition coefficient (Wildman–Crippen LogP) is 4.12. The van der Waals surface area contributed by atoms with Gasteiger partial charge in [0.25, 0.3) is 0 Å². The topological polar surface area (TPSA) is 68.2 Å². The number of nitrogens with zero attached hydrogens (tertiary/aromatic N) is 1. The fourth-order valence-corrected chi connectivity index (χ4v) is 7.38. The van der Waals surface area contributed by atoms with E-state index in [9.17, 15) is 9.90 Å². The fraction of sp³-hybridized carbons (Fsp3) is 0.433. The lowest BCUT2D eigenvalue weighted by Gasteiger charge is -2.56. The predicted molar refractivity (Wildman–Crippen MR) is 134 cm³/mol. The molecule has 5 aliphatic rings. The first-order chi connectivity index (χ1) is 17.5. The lowest BCUT2D eigenvalue weighted by Crippen LogP contribution is -2.64. The lowest BCUT2D eigenvalue weighted by molar-refractivity contribution is -0.0453. The molecule has 5 unspecified atom stereocenters. The molecule has 1 N–H and O–H groups in total. The van der Waals surface area contributed by atoms with Gasteiger partial charge < -0.3 is 24.2 Å². The molecule has 36 heavy (non-hydrogen) atoms. The Balaban J connectivity index is 1.08. The maximum atomic E-state index is 12.7. The van der Waals surface area contributed by atoms with Gasteiger partial charge in [-0.3, -0.25) is 0 Å². The monoisotopic (exact) mass is 485 g/mol. The second kappa shape index (κ2) is 8.22. The Morgan fingerprint density at radius 2 is 2.03 bits per heavy atom. The number of carbonyl (C=O) groups excluding carboxylic acids is 1. The molecule has 2 aromatic carbocycles. The first-order valence-corrected chi connectivity index (χ1v) is 13.0. The second-order valence-corrected chi connectivity index (χ2v) is 10.9. The molecule has 1 spiro atoms. The summed E-state index contributed by atoms with van der Waals surface area (Å²) in [6.07, 6.45) is 8.88. The highest BCUT2D eigenvalue weighted by atomic mass is 16.7. The van der Waals surface area contributed by atoms with Gasteiger partial charge in [0.05, 0.1) is 6.61 Å². The number of rotatable bonds is 4. The van der Waals surface area contributed by atoms with Crippen LogP contribution in [0.5, 0.6) is 11.5 Å². The third-order valence-electron chi connectivity index (χ3n) is 9.12. The molecule has 0 radical (unpaired) electrons. The molecule has 186 valence electrons. The number of piperidine rings is 1. The van der Waals surface area contributed by atoms with Crippen molar-refractivity contribution in [2.75, 3.05) is 20.2 Å². The summed E-state index contributed by atoms with van der Waals surface area (Å²) in [6.45, 7) is 1.23. The van der Waals surface area contributed by atoms with Crippen molar-refractivity contribution in [2.45, 2.75) is 55.8 Å². The van der Waals surface area contributed by atoms with E-state index >= 15 is 0 Å². The number of benzene rings is 2. The minimum atomic E-state index is -0.716. The normalized spacial score (nSPS) is 31.1. The summed E-state index contributed by atoms with van der Waals surface area (Å²) in [7, 11) is 2.18. The van der Waals surface area contributed by atoms with Gasteiger partial charge in [0, 0.05) is 29.4 Å². The minimum absolute atomic E-state index is 0.273. The van der Waals surface area contributed by atoms with Gasteiger partial charge >= 0.3 is 6.16 Å². The molecule has 2 bridgehead atoms. The number of likely N-dealkylation sites (N-methyl/N-ethyl adjacent to an activating group) is 1. The SMILES string of the molecule is CN1CCC23c4c5ccc(OC(=O)OCCC6=CCc7ccccc7C6)c4OC2C(O)C=CC3C1C5. The molecule has 1 saturated heterocycles. The van der Waals surface area contributed by atoms with Crippen LogP contribution in [0.25, 0.3) is 0 Å². The molecule has 2 aliphatic heterocycles. The highest BCUT2D eigenvalue weighted by molar-refractivity contribution is 5.69. The first-order valence-electron chi connectivity index (χ1n) is 13.0. The molecule has 0 saturated carbocycles. The Bertz CT molecular complexity index is 1300.